The molecule has 0 aliphatic rings. The summed E-state index contributed by atoms with van der Waals surface area (Å²) in [5, 5.41) is 0. The summed E-state index contributed by atoms with van der Waals surface area (Å²) in [5.74, 6) is -0.904. The zero-order chi connectivity index (χ0) is 32.2. The maximum atomic E-state index is 12.8. The minimum atomic E-state index is -1.59. The number of rotatable bonds is 15. The maximum absolute atomic E-state index is 12.8. The Bertz CT molecular complexity index is 1050. The molecule has 1 aromatic rings. The van der Waals surface area contributed by atoms with Crippen LogP contribution in [0.5, 0.6) is 11.5 Å². The standard InChI is InChI=1S/C31H49NO10/c1-18(2)11-14-27(33)38-21(7)16-31(32,28(34)37-10)17-24-12-13-25(41-29(35)39-22(8)19(3)4)26(15-24)42-30(36)40-23(9)20(5)6/h12-13,15,18-23H,11,14,16-17,32H2,1-10H3/t21-,22?,23?,31?/m0/s1. The van der Waals surface area contributed by atoms with Crippen molar-refractivity contribution in [2.24, 2.45) is 23.5 Å². The predicted octanol–water partition coefficient (Wildman–Crippen LogP) is 5.98. The zero-order valence-corrected chi connectivity index (χ0v) is 26.7. The molecule has 0 bridgehead atoms. The molecule has 0 aliphatic heterocycles. The fourth-order valence-electron chi connectivity index (χ4n) is 3.67. The topological polar surface area (TPSA) is 150 Å². The number of hydrogen-bond donors (Lipinski definition) is 1. The van der Waals surface area contributed by atoms with Gasteiger partial charge in [-0.15, -0.1) is 0 Å². The van der Waals surface area contributed by atoms with Crippen molar-refractivity contribution in [1.82, 2.24) is 0 Å². The third-order valence-corrected chi connectivity index (χ3v) is 6.86. The van der Waals surface area contributed by atoms with Crippen LogP contribution in [-0.4, -0.2) is 55.2 Å². The number of ether oxygens (including phenoxy) is 6. The van der Waals surface area contributed by atoms with Crippen LogP contribution in [0.25, 0.3) is 0 Å². The Morgan fingerprint density at radius 2 is 1.31 bits per heavy atom. The zero-order valence-electron chi connectivity index (χ0n) is 26.7. The Balaban J connectivity index is 3.26. The van der Waals surface area contributed by atoms with Crippen LogP contribution in [0.15, 0.2) is 18.2 Å². The second-order valence-corrected chi connectivity index (χ2v) is 11.9. The minimum Gasteiger partial charge on any atom is -0.468 e. The summed E-state index contributed by atoms with van der Waals surface area (Å²) in [6.45, 7) is 16.7. The van der Waals surface area contributed by atoms with Gasteiger partial charge in [-0.3, -0.25) is 9.59 Å². The first-order valence-electron chi connectivity index (χ1n) is 14.4. The number of carbonyl (C=O) groups excluding carboxylic acids is 4. The van der Waals surface area contributed by atoms with Crippen LogP contribution < -0.4 is 15.2 Å². The Morgan fingerprint density at radius 1 is 0.786 bits per heavy atom. The summed E-state index contributed by atoms with van der Waals surface area (Å²) in [6.07, 6.45) is -2.70. The molecule has 42 heavy (non-hydrogen) atoms. The number of esters is 2. The maximum Gasteiger partial charge on any atom is 0.514 e. The molecule has 0 spiro atoms. The average molecular weight is 596 g/mol. The summed E-state index contributed by atoms with van der Waals surface area (Å²) in [5.41, 5.74) is 5.39. The first-order valence-corrected chi connectivity index (χ1v) is 14.4. The van der Waals surface area contributed by atoms with Gasteiger partial charge in [0.25, 0.3) is 0 Å². The monoisotopic (exact) mass is 595 g/mol. The third-order valence-electron chi connectivity index (χ3n) is 6.86. The Morgan fingerprint density at radius 3 is 1.79 bits per heavy atom. The largest absolute Gasteiger partial charge is 0.514 e. The van der Waals surface area contributed by atoms with Gasteiger partial charge in [-0.1, -0.05) is 47.6 Å². The lowest BCUT2D eigenvalue weighted by molar-refractivity contribution is -0.155. The molecule has 11 heteroatoms. The molecule has 0 aliphatic carbocycles. The normalized spacial score (nSPS) is 14.9. The van der Waals surface area contributed by atoms with E-state index in [-0.39, 0.29) is 48.6 Å². The van der Waals surface area contributed by atoms with E-state index in [2.05, 4.69) is 0 Å². The molecular weight excluding hydrogens is 546 g/mol. The molecule has 0 aromatic heterocycles. The highest BCUT2D eigenvalue weighted by molar-refractivity contribution is 5.81. The fourth-order valence-corrected chi connectivity index (χ4v) is 3.67. The molecule has 4 atom stereocenters. The average Bonchev–Trinajstić information content (AvgIpc) is 2.87. The van der Waals surface area contributed by atoms with Crippen LogP contribution in [0, 0.1) is 17.8 Å². The minimum absolute atomic E-state index is 0.0328. The van der Waals surface area contributed by atoms with E-state index >= 15 is 0 Å². The molecule has 0 saturated carbocycles. The van der Waals surface area contributed by atoms with Gasteiger partial charge in [-0.25, -0.2) is 9.59 Å². The Kier molecular flexibility index (Phi) is 14.8. The van der Waals surface area contributed by atoms with E-state index in [0.717, 1.165) is 0 Å². The molecule has 0 fully saturated rings. The van der Waals surface area contributed by atoms with Gasteiger partial charge in [0, 0.05) is 19.3 Å². The quantitative estimate of drug-likeness (QED) is 0.145. The molecule has 1 aromatic carbocycles. The van der Waals surface area contributed by atoms with Crippen molar-refractivity contribution < 1.29 is 47.6 Å². The molecule has 1 rings (SSSR count). The molecular formula is C31H49NO10. The number of carbonyl (C=O) groups is 4. The van der Waals surface area contributed by atoms with E-state index in [0.29, 0.717) is 17.9 Å². The summed E-state index contributed by atoms with van der Waals surface area (Å²) >= 11 is 0. The highest BCUT2D eigenvalue weighted by Crippen LogP contribution is 2.32. The smallest absolute Gasteiger partial charge is 0.468 e. The van der Waals surface area contributed by atoms with Crippen LogP contribution in [0.3, 0.4) is 0 Å². The Labute approximate surface area is 249 Å². The van der Waals surface area contributed by atoms with Crippen molar-refractivity contribution in [3.05, 3.63) is 23.8 Å². The second kappa shape index (κ2) is 16.9. The van der Waals surface area contributed by atoms with Crippen LogP contribution in [0.1, 0.15) is 87.1 Å². The number of benzene rings is 1. The van der Waals surface area contributed by atoms with Gasteiger partial charge in [-0.2, -0.15) is 0 Å². The summed E-state index contributed by atoms with van der Waals surface area (Å²) in [4.78, 5) is 50.1. The molecule has 11 nitrogen and oxygen atoms in total. The Hall–Kier alpha value is -3.34. The highest BCUT2D eigenvalue weighted by atomic mass is 16.8. The van der Waals surface area contributed by atoms with Gasteiger partial charge < -0.3 is 34.2 Å². The SMILES string of the molecule is COC(=O)C(N)(Cc1ccc(OC(=O)OC(C)C(C)C)c(OC(=O)OC(C)C(C)C)c1)C[C@H](C)OC(=O)CCC(C)C. The van der Waals surface area contributed by atoms with Gasteiger partial charge in [0.1, 0.15) is 23.9 Å². The lowest BCUT2D eigenvalue weighted by atomic mass is 9.86. The molecule has 0 saturated heterocycles. The van der Waals surface area contributed by atoms with Gasteiger partial charge >= 0.3 is 24.2 Å². The number of methoxy groups -OCH3 is 1. The van der Waals surface area contributed by atoms with Crippen molar-refractivity contribution in [2.45, 2.75) is 112 Å². The molecule has 238 valence electrons. The van der Waals surface area contributed by atoms with Gasteiger partial charge in [0.15, 0.2) is 11.5 Å². The lowest BCUT2D eigenvalue weighted by Gasteiger charge is -2.29. The van der Waals surface area contributed by atoms with Crippen molar-refractivity contribution in [3.63, 3.8) is 0 Å². The van der Waals surface area contributed by atoms with Crippen molar-refractivity contribution in [1.29, 1.82) is 0 Å². The molecule has 0 heterocycles. The molecule has 2 N–H and O–H groups in total. The second-order valence-electron chi connectivity index (χ2n) is 11.9. The number of hydrogen-bond acceptors (Lipinski definition) is 11. The van der Waals surface area contributed by atoms with Gasteiger partial charge in [0.05, 0.1) is 7.11 Å². The fraction of sp³-hybridized carbons (Fsp3) is 0.677. The predicted molar refractivity (Wildman–Crippen MR) is 156 cm³/mol. The van der Waals surface area contributed by atoms with Crippen molar-refractivity contribution in [2.75, 3.05) is 7.11 Å². The van der Waals surface area contributed by atoms with Crippen molar-refractivity contribution >= 4 is 24.2 Å². The van der Waals surface area contributed by atoms with E-state index in [1.165, 1.54) is 19.2 Å². The van der Waals surface area contributed by atoms with Crippen LogP contribution >= 0.6 is 0 Å². The summed E-state index contributed by atoms with van der Waals surface area (Å²) in [7, 11) is 1.21. The van der Waals surface area contributed by atoms with E-state index in [9.17, 15) is 19.2 Å². The van der Waals surface area contributed by atoms with E-state index in [1.807, 2.05) is 41.5 Å². The van der Waals surface area contributed by atoms with E-state index < -0.39 is 42.1 Å². The van der Waals surface area contributed by atoms with Crippen molar-refractivity contribution in [3.8, 4) is 11.5 Å². The summed E-state index contributed by atoms with van der Waals surface area (Å²) in [6, 6.07) is 4.38. The molecule has 0 radical (unpaired) electrons. The molecule has 0 amide bonds. The van der Waals surface area contributed by atoms with Gasteiger partial charge in [-0.05, 0) is 62.6 Å². The third kappa shape index (κ3) is 12.7. The van der Waals surface area contributed by atoms with Crippen LogP contribution in [-0.2, 0) is 35.0 Å². The van der Waals surface area contributed by atoms with Crippen LogP contribution in [0.2, 0.25) is 0 Å². The first kappa shape index (κ1) is 36.7. The first-order chi connectivity index (χ1) is 19.5. The number of nitrogens with two attached hydrogens (primary N) is 1. The van der Waals surface area contributed by atoms with Gasteiger partial charge in [0.2, 0.25) is 0 Å². The highest BCUT2D eigenvalue weighted by Gasteiger charge is 2.38. The molecule has 3 unspecified atom stereocenters. The van der Waals surface area contributed by atoms with Crippen LogP contribution in [0.4, 0.5) is 9.59 Å². The van der Waals surface area contributed by atoms with E-state index in [4.69, 9.17) is 34.2 Å². The van der Waals surface area contributed by atoms with E-state index in [1.54, 1.807) is 26.8 Å². The lowest BCUT2D eigenvalue weighted by Crippen LogP contribution is -2.53. The summed E-state index contributed by atoms with van der Waals surface area (Å²) < 4.78 is 31.8.